The maximum Gasteiger partial charge on any atom is 0.410 e. The number of nitrogens with zero attached hydrogens (tertiary/aromatic N) is 1. The number of benzene rings is 1. The van der Waals surface area contributed by atoms with E-state index in [9.17, 15) is 26.7 Å². The van der Waals surface area contributed by atoms with E-state index in [1.165, 1.54) is 0 Å². The van der Waals surface area contributed by atoms with Crippen LogP contribution in [-0.2, 0) is 4.74 Å². The standard InChI is InChI=1S/C16H18F5NO3/c1-15(2,3)25-14(23)22-7-12(16(20,21)8-22)24-9-4-5-11(17)10(6-9)13(18)19/h4-6,12-13H,7-8H2,1-3H3. The summed E-state index contributed by atoms with van der Waals surface area (Å²) in [5.74, 6) is -4.89. The van der Waals surface area contributed by atoms with E-state index in [4.69, 9.17) is 9.47 Å². The Balaban J connectivity index is 2.12. The van der Waals surface area contributed by atoms with E-state index < -0.39 is 54.6 Å². The van der Waals surface area contributed by atoms with Crippen molar-refractivity contribution in [1.29, 1.82) is 0 Å². The number of carbonyl (C=O) groups is 1. The van der Waals surface area contributed by atoms with Gasteiger partial charge in [-0.2, -0.15) is 0 Å². The van der Waals surface area contributed by atoms with Crippen LogP contribution in [0.2, 0.25) is 0 Å². The molecule has 1 saturated heterocycles. The third-order valence-corrected chi connectivity index (χ3v) is 3.39. The van der Waals surface area contributed by atoms with Crippen LogP contribution in [0.15, 0.2) is 18.2 Å². The lowest BCUT2D eigenvalue weighted by molar-refractivity contribution is -0.0624. The molecule has 2 rings (SSSR count). The van der Waals surface area contributed by atoms with Gasteiger partial charge in [0.1, 0.15) is 17.2 Å². The molecule has 1 atom stereocenters. The van der Waals surface area contributed by atoms with E-state index in [0.717, 1.165) is 17.0 Å². The van der Waals surface area contributed by atoms with Crippen LogP contribution in [0.3, 0.4) is 0 Å². The highest BCUT2D eigenvalue weighted by atomic mass is 19.3. The topological polar surface area (TPSA) is 38.8 Å². The number of hydrogen-bond acceptors (Lipinski definition) is 3. The fourth-order valence-electron chi connectivity index (χ4n) is 2.27. The lowest BCUT2D eigenvalue weighted by atomic mass is 10.2. The van der Waals surface area contributed by atoms with E-state index in [1.54, 1.807) is 20.8 Å². The van der Waals surface area contributed by atoms with Crippen LogP contribution in [0.5, 0.6) is 5.75 Å². The molecule has 1 aliphatic rings. The molecule has 4 nitrogen and oxygen atoms in total. The van der Waals surface area contributed by atoms with Gasteiger partial charge in [-0.25, -0.2) is 26.7 Å². The zero-order chi connectivity index (χ0) is 19.0. The van der Waals surface area contributed by atoms with Crippen molar-refractivity contribution in [1.82, 2.24) is 4.90 Å². The summed E-state index contributed by atoms with van der Waals surface area (Å²) in [5, 5.41) is 0. The minimum Gasteiger partial charge on any atom is -0.482 e. The third kappa shape index (κ3) is 4.73. The summed E-state index contributed by atoms with van der Waals surface area (Å²) in [6, 6.07) is 2.37. The summed E-state index contributed by atoms with van der Waals surface area (Å²) < 4.78 is 76.9. The van der Waals surface area contributed by atoms with Gasteiger partial charge in [0.2, 0.25) is 0 Å². The minimum atomic E-state index is -3.41. The first-order chi connectivity index (χ1) is 11.4. The van der Waals surface area contributed by atoms with E-state index in [0.29, 0.717) is 6.07 Å². The van der Waals surface area contributed by atoms with Gasteiger partial charge in [-0.15, -0.1) is 0 Å². The molecule has 0 aliphatic carbocycles. The smallest absolute Gasteiger partial charge is 0.410 e. The van der Waals surface area contributed by atoms with Gasteiger partial charge < -0.3 is 9.47 Å². The maximum absolute atomic E-state index is 14.1. The summed E-state index contributed by atoms with van der Waals surface area (Å²) in [4.78, 5) is 12.7. The van der Waals surface area contributed by atoms with Gasteiger partial charge in [0.25, 0.3) is 6.43 Å². The minimum absolute atomic E-state index is 0.326. The Labute approximate surface area is 141 Å². The highest BCUT2D eigenvalue weighted by Crippen LogP contribution is 2.33. The quantitative estimate of drug-likeness (QED) is 0.744. The molecule has 0 saturated carbocycles. The van der Waals surface area contributed by atoms with Gasteiger partial charge in [-0.3, -0.25) is 4.90 Å². The summed E-state index contributed by atoms with van der Waals surface area (Å²) in [6.07, 6.45) is -5.78. The Morgan fingerprint density at radius 1 is 1.32 bits per heavy atom. The van der Waals surface area contributed by atoms with Crippen LogP contribution in [0, 0.1) is 5.82 Å². The molecule has 0 N–H and O–H groups in total. The fraction of sp³-hybridized carbons (Fsp3) is 0.562. The highest BCUT2D eigenvalue weighted by molar-refractivity contribution is 5.68. The van der Waals surface area contributed by atoms with Gasteiger partial charge >= 0.3 is 12.0 Å². The average molecular weight is 367 g/mol. The molecular weight excluding hydrogens is 349 g/mol. The van der Waals surface area contributed by atoms with Crippen LogP contribution >= 0.6 is 0 Å². The molecule has 1 unspecified atom stereocenters. The molecular formula is C16H18F5NO3. The van der Waals surface area contributed by atoms with Gasteiger partial charge in [-0.05, 0) is 39.0 Å². The van der Waals surface area contributed by atoms with Crippen molar-refractivity contribution in [3.05, 3.63) is 29.6 Å². The molecule has 9 heteroatoms. The van der Waals surface area contributed by atoms with Gasteiger partial charge in [0.15, 0.2) is 6.10 Å². The Morgan fingerprint density at radius 2 is 1.96 bits per heavy atom. The summed E-state index contributed by atoms with van der Waals surface area (Å²) >= 11 is 0. The van der Waals surface area contributed by atoms with Crippen molar-refractivity contribution < 1.29 is 36.2 Å². The van der Waals surface area contributed by atoms with Gasteiger partial charge in [0, 0.05) is 0 Å². The number of rotatable bonds is 3. The number of alkyl halides is 4. The Kier molecular flexibility index (Phi) is 5.15. The zero-order valence-corrected chi connectivity index (χ0v) is 13.9. The van der Waals surface area contributed by atoms with E-state index in [2.05, 4.69) is 0 Å². The fourth-order valence-corrected chi connectivity index (χ4v) is 2.27. The molecule has 0 radical (unpaired) electrons. The average Bonchev–Trinajstić information content (AvgIpc) is 2.74. The second-order valence-corrected chi connectivity index (χ2v) is 6.71. The van der Waals surface area contributed by atoms with Crippen LogP contribution in [-0.4, -0.2) is 41.7 Å². The van der Waals surface area contributed by atoms with Crippen molar-refractivity contribution in [3.8, 4) is 5.75 Å². The molecule has 0 spiro atoms. The number of halogens is 5. The van der Waals surface area contributed by atoms with Crippen LogP contribution in [0.4, 0.5) is 26.7 Å². The van der Waals surface area contributed by atoms with Gasteiger partial charge in [0.05, 0.1) is 18.7 Å². The maximum atomic E-state index is 14.1. The first-order valence-corrected chi connectivity index (χ1v) is 7.49. The van der Waals surface area contributed by atoms with Crippen molar-refractivity contribution in [2.24, 2.45) is 0 Å². The molecule has 1 aromatic carbocycles. The molecule has 0 aromatic heterocycles. The van der Waals surface area contributed by atoms with E-state index in [-0.39, 0.29) is 5.75 Å². The monoisotopic (exact) mass is 367 g/mol. The lowest BCUT2D eigenvalue weighted by Crippen LogP contribution is -2.36. The van der Waals surface area contributed by atoms with E-state index in [1.807, 2.05) is 0 Å². The van der Waals surface area contributed by atoms with Gasteiger partial charge in [-0.1, -0.05) is 0 Å². The number of ether oxygens (including phenoxy) is 2. The second kappa shape index (κ2) is 6.68. The first kappa shape index (κ1) is 19.3. The third-order valence-electron chi connectivity index (χ3n) is 3.39. The zero-order valence-electron chi connectivity index (χ0n) is 13.9. The van der Waals surface area contributed by atoms with Crippen LogP contribution < -0.4 is 4.74 Å². The number of carbonyl (C=O) groups excluding carboxylic acids is 1. The molecule has 140 valence electrons. The second-order valence-electron chi connectivity index (χ2n) is 6.71. The molecule has 1 aliphatic heterocycles. The van der Waals surface area contributed by atoms with Crippen molar-refractivity contribution in [2.75, 3.05) is 13.1 Å². The predicted molar refractivity (Wildman–Crippen MR) is 78.5 cm³/mol. The Hall–Kier alpha value is -2.06. The highest BCUT2D eigenvalue weighted by Gasteiger charge is 2.52. The molecule has 1 fully saturated rings. The molecule has 1 aromatic rings. The predicted octanol–water partition coefficient (Wildman–Crippen LogP) is 4.40. The summed E-state index contributed by atoms with van der Waals surface area (Å²) in [5.41, 5.74) is -1.79. The molecule has 1 amide bonds. The van der Waals surface area contributed by atoms with E-state index >= 15 is 0 Å². The van der Waals surface area contributed by atoms with Crippen molar-refractivity contribution >= 4 is 6.09 Å². The SMILES string of the molecule is CC(C)(C)OC(=O)N1CC(Oc2ccc(F)c(C(F)F)c2)C(F)(F)C1. The normalized spacial score (nSPS) is 20.0. The summed E-state index contributed by atoms with van der Waals surface area (Å²) in [7, 11) is 0. The lowest BCUT2D eigenvalue weighted by Gasteiger charge is -2.24. The number of likely N-dealkylation sites (tertiary alicyclic amines) is 1. The van der Waals surface area contributed by atoms with Crippen molar-refractivity contribution in [2.45, 2.75) is 44.8 Å². The van der Waals surface area contributed by atoms with Crippen molar-refractivity contribution in [3.63, 3.8) is 0 Å². The number of amides is 1. The molecule has 0 bridgehead atoms. The molecule has 25 heavy (non-hydrogen) atoms. The van der Waals surface area contributed by atoms with Crippen LogP contribution in [0.25, 0.3) is 0 Å². The Bertz CT molecular complexity index is 645. The van der Waals surface area contributed by atoms with Crippen LogP contribution in [0.1, 0.15) is 32.8 Å². The number of hydrogen-bond donors (Lipinski definition) is 0. The summed E-state index contributed by atoms with van der Waals surface area (Å²) in [6.45, 7) is 3.38. The Morgan fingerprint density at radius 3 is 2.52 bits per heavy atom. The first-order valence-electron chi connectivity index (χ1n) is 7.49. The largest absolute Gasteiger partial charge is 0.482 e. The molecule has 1 heterocycles.